The summed E-state index contributed by atoms with van der Waals surface area (Å²) in [6.45, 7) is 13.9. The zero-order chi connectivity index (χ0) is 18.9. The van der Waals surface area contributed by atoms with Crippen molar-refractivity contribution in [3.8, 4) is 0 Å². The van der Waals surface area contributed by atoms with Gasteiger partial charge in [-0.05, 0) is 32.2 Å². The van der Waals surface area contributed by atoms with E-state index in [1.807, 2.05) is 20.8 Å². The van der Waals surface area contributed by atoms with Gasteiger partial charge in [-0.25, -0.2) is 4.79 Å². The molecule has 3 heterocycles. The van der Waals surface area contributed by atoms with Crippen LogP contribution in [0.1, 0.15) is 39.5 Å². The van der Waals surface area contributed by atoms with Gasteiger partial charge in [-0.1, -0.05) is 19.9 Å². The molecule has 0 saturated carbocycles. The normalized spacial score (nSPS) is 19.9. The molecule has 27 heavy (non-hydrogen) atoms. The lowest BCUT2D eigenvalue weighted by molar-refractivity contribution is 0.0137. The van der Waals surface area contributed by atoms with Gasteiger partial charge in [-0.3, -0.25) is 4.99 Å². The number of carbonyl (C=O) groups is 1. The summed E-state index contributed by atoms with van der Waals surface area (Å²) in [7, 11) is 0. The number of ether oxygens (including phenoxy) is 1. The first-order chi connectivity index (χ1) is 12.2. The van der Waals surface area contributed by atoms with Crippen LogP contribution in [0.3, 0.4) is 0 Å². The van der Waals surface area contributed by atoms with Crippen molar-refractivity contribution in [3.63, 3.8) is 0 Å². The van der Waals surface area contributed by atoms with Crippen molar-refractivity contribution < 1.29 is 9.53 Å². The van der Waals surface area contributed by atoms with E-state index in [0.29, 0.717) is 13.1 Å². The Bertz CT molecular complexity index is 670. The maximum absolute atomic E-state index is 12.3. The van der Waals surface area contributed by atoms with Gasteiger partial charge in [0, 0.05) is 36.5 Å². The van der Waals surface area contributed by atoms with Gasteiger partial charge in [-0.2, -0.15) is 0 Å². The fourth-order valence-electron chi connectivity index (χ4n) is 3.27. The van der Waals surface area contributed by atoms with Gasteiger partial charge in [0.15, 0.2) is 5.96 Å². The van der Waals surface area contributed by atoms with Crippen molar-refractivity contribution in [2.45, 2.75) is 51.7 Å². The Labute approximate surface area is 183 Å². The maximum Gasteiger partial charge on any atom is 0.410 e. The van der Waals surface area contributed by atoms with Gasteiger partial charge in [-0.15, -0.1) is 35.3 Å². The molecule has 0 spiro atoms. The molecule has 1 N–H and O–H groups in total. The van der Waals surface area contributed by atoms with E-state index in [4.69, 9.17) is 4.74 Å². The highest BCUT2D eigenvalue weighted by Crippen LogP contribution is 2.27. The Morgan fingerprint density at radius 3 is 2.70 bits per heavy atom. The number of hydrogen-bond donors (Lipinski definition) is 1. The maximum atomic E-state index is 12.3. The van der Waals surface area contributed by atoms with Crippen molar-refractivity contribution >= 4 is 47.4 Å². The predicted octanol–water partition coefficient (Wildman–Crippen LogP) is 3.52. The summed E-state index contributed by atoms with van der Waals surface area (Å²) in [5.74, 6) is 0.962. The lowest BCUT2D eigenvalue weighted by Crippen LogP contribution is -2.58. The van der Waals surface area contributed by atoms with Crippen LogP contribution in [-0.2, 0) is 10.2 Å². The Kier molecular flexibility index (Phi) is 7.05. The highest BCUT2D eigenvalue weighted by atomic mass is 127. The molecule has 1 amide bonds. The number of carbonyl (C=O) groups excluding carboxylic acids is 1. The average Bonchev–Trinajstić information content (AvgIpc) is 3.21. The Morgan fingerprint density at radius 1 is 1.33 bits per heavy atom. The summed E-state index contributed by atoms with van der Waals surface area (Å²) < 4.78 is 5.50. The van der Waals surface area contributed by atoms with E-state index in [9.17, 15) is 4.79 Å². The lowest BCUT2D eigenvalue weighted by Gasteiger charge is -2.39. The molecule has 0 aromatic carbocycles. The summed E-state index contributed by atoms with van der Waals surface area (Å²) in [5.41, 5.74) is -0.395. The standard InChI is InChI=1S/C19H30N4O2S.HI/c1-18(2,3)25-17(24)22-8-9-23-14(12-22)11-20-16(23)21-13-19(4,5)15-7-6-10-26-15;/h6-7,10,14H,8-9,11-13H2,1-5H3,(H,20,21);1H. The van der Waals surface area contributed by atoms with Gasteiger partial charge in [0.2, 0.25) is 0 Å². The fourth-order valence-corrected chi connectivity index (χ4v) is 4.13. The van der Waals surface area contributed by atoms with E-state index in [1.54, 1.807) is 16.2 Å². The van der Waals surface area contributed by atoms with Crippen molar-refractivity contribution in [2.75, 3.05) is 32.7 Å². The first kappa shape index (κ1) is 22.3. The van der Waals surface area contributed by atoms with Crippen LogP contribution in [0.15, 0.2) is 22.5 Å². The number of thiophene rings is 1. The monoisotopic (exact) mass is 506 g/mol. The number of fused-ring (bicyclic) bond motifs is 1. The largest absolute Gasteiger partial charge is 0.444 e. The van der Waals surface area contributed by atoms with E-state index < -0.39 is 5.60 Å². The van der Waals surface area contributed by atoms with Gasteiger partial charge in [0.1, 0.15) is 5.60 Å². The van der Waals surface area contributed by atoms with Crippen LogP contribution in [0, 0.1) is 0 Å². The highest BCUT2D eigenvalue weighted by Gasteiger charge is 2.37. The topological polar surface area (TPSA) is 57.2 Å². The molecular weight excluding hydrogens is 475 g/mol. The molecule has 152 valence electrons. The molecular formula is C19H31IN4O2S. The zero-order valence-electron chi connectivity index (χ0n) is 16.8. The van der Waals surface area contributed by atoms with Crippen LogP contribution in [0.25, 0.3) is 0 Å². The summed E-state index contributed by atoms with van der Waals surface area (Å²) in [5, 5.41) is 5.66. The number of amides is 1. The average molecular weight is 506 g/mol. The molecule has 6 nitrogen and oxygen atoms in total. The number of nitrogens with one attached hydrogen (secondary N) is 1. The molecule has 1 fully saturated rings. The van der Waals surface area contributed by atoms with Gasteiger partial charge < -0.3 is 19.9 Å². The lowest BCUT2D eigenvalue weighted by atomic mass is 9.91. The molecule has 0 radical (unpaired) electrons. The second-order valence-electron chi connectivity index (χ2n) is 8.65. The molecule has 2 aliphatic rings. The number of guanidine groups is 1. The number of rotatable bonds is 3. The summed E-state index contributed by atoms with van der Waals surface area (Å²) in [4.78, 5) is 22.5. The molecule has 2 aliphatic heterocycles. The molecule has 1 aromatic rings. The first-order valence-corrected chi connectivity index (χ1v) is 10.1. The van der Waals surface area contributed by atoms with Gasteiger partial charge in [0.05, 0.1) is 12.6 Å². The number of nitrogens with zero attached hydrogens (tertiary/aromatic N) is 3. The summed E-state index contributed by atoms with van der Waals surface area (Å²) >= 11 is 1.79. The third kappa shape index (κ3) is 5.49. The molecule has 0 bridgehead atoms. The van der Waals surface area contributed by atoms with Crippen LogP contribution in [-0.4, -0.2) is 66.2 Å². The van der Waals surface area contributed by atoms with Gasteiger partial charge >= 0.3 is 6.09 Å². The number of halogens is 1. The van der Waals surface area contributed by atoms with Crippen molar-refractivity contribution in [1.82, 2.24) is 15.1 Å². The van der Waals surface area contributed by atoms with Crippen LogP contribution in [0.2, 0.25) is 0 Å². The predicted molar refractivity (Wildman–Crippen MR) is 121 cm³/mol. The van der Waals surface area contributed by atoms with E-state index in [-0.39, 0.29) is 41.5 Å². The SMILES string of the molecule is CC(C)(C)OC(=O)N1CCN2C(NCC(C)(C)c3cccs3)=NCC2C1.I. The molecule has 1 aromatic heterocycles. The summed E-state index contributed by atoms with van der Waals surface area (Å²) in [6.07, 6.45) is -0.225. The fraction of sp³-hybridized carbons (Fsp3) is 0.684. The minimum absolute atomic E-state index is 0. The van der Waals surface area contributed by atoms with E-state index in [2.05, 4.69) is 46.6 Å². The summed E-state index contributed by atoms with van der Waals surface area (Å²) in [6, 6.07) is 4.52. The number of aliphatic imine (C=N–C) groups is 1. The molecule has 3 rings (SSSR count). The van der Waals surface area contributed by atoms with Crippen molar-refractivity contribution in [1.29, 1.82) is 0 Å². The van der Waals surface area contributed by atoms with Gasteiger partial charge in [0.25, 0.3) is 0 Å². The third-order valence-electron chi connectivity index (χ3n) is 4.73. The molecule has 8 heteroatoms. The zero-order valence-corrected chi connectivity index (χ0v) is 20.0. The Balaban J connectivity index is 0.00000261. The third-order valence-corrected chi connectivity index (χ3v) is 5.97. The van der Waals surface area contributed by atoms with Crippen LogP contribution in [0.5, 0.6) is 0 Å². The van der Waals surface area contributed by atoms with Crippen molar-refractivity contribution in [2.24, 2.45) is 4.99 Å². The minimum atomic E-state index is -0.458. The van der Waals surface area contributed by atoms with Crippen LogP contribution in [0.4, 0.5) is 4.79 Å². The molecule has 0 aliphatic carbocycles. The van der Waals surface area contributed by atoms with Crippen LogP contribution >= 0.6 is 35.3 Å². The van der Waals surface area contributed by atoms with Crippen LogP contribution < -0.4 is 5.32 Å². The Hall–Kier alpha value is -1.03. The number of piperazine rings is 1. The van der Waals surface area contributed by atoms with E-state index in [0.717, 1.165) is 25.6 Å². The quantitative estimate of drug-likeness (QED) is 0.638. The number of hydrogen-bond acceptors (Lipinski definition) is 6. The second kappa shape index (κ2) is 8.55. The Morgan fingerprint density at radius 2 is 2.07 bits per heavy atom. The van der Waals surface area contributed by atoms with E-state index >= 15 is 0 Å². The molecule has 1 saturated heterocycles. The second-order valence-corrected chi connectivity index (χ2v) is 9.60. The van der Waals surface area contributed by atoms with Crippen molar-refractivity contribution in [3.05, 3.63) is 22.4 Å². The molecule has 1 atom stereocenters. The highest BCUT2D eigenvalue weighted by molar-refractivity contribution is 14.0. The smallest absolute Gasteiger partial charge is 0.410 e. The minimum Gasteiger partial charge on any atom is -0.444 e. The molecule has 1 unspecified atom stereocenters. The van der Waals surface area contributed by atoms with E-state index in [1.165, 1.54) is 4.88 Å². The first-order valence-electron chi connectivity index (χ1n) is 9.23.